The van der Waals surface area contributed by atoms with E-state index in [1.165, 1.54) is 5.56 Å². The van der Waals surface area contributed by atoms with Crippen LogP contribution in [0.25, 0.3) is 10.9 Å². The number of anilines is 2. The highest BCUT2D eigenvalue weighted by Gasteiger charge is 2.07. The van der Waals surface area contributed by atoms with Gasteiger partial charge in [-0.3, -0.25) is 0 Å². The van der Waals surface area contributed by atoms with Crippen molar-refractivity contribution in [1.29, 1.82) is 5.26 Å². The van der Waals surface area contributed by atoms with Gasteiger partial charge in [0.25, 0.3) is 0 Å². The summed E-state index contributed by atoms with van der Waals surface area (Å²) in [7, 11) is 1.62. The molecule has 0 spiro atoms. The molecule has 0 aliphatic carbocycles. The number of fused-ring (bicyclic) bond motifs is 1. The van der Waals surface area contributed by atoms with Crippen molar-refractivity contribution in [3.8, 4) is 11.8 Å². The molecule has 148 valence electrons. The molecule has 0 atom stereocenters. The van der Waals surface area contributed by atoms with Gasteiger partial charge in [0.05, 0.1) is 18.2 Å². The number of hydrogen-bond donors (Lipinski definition) is 3. The minimum absolute atomic E-state index is 0.510. The highest BCUT2D eigenvalue weighted by molar-refractivity contribution is 7.80. The van der Waals surface area contributed by atoms with Gasteiger partial charge >= 0.3 is 0 Å². The third kappa shape index (κ3) is 5.56. The summed E-state index contributed by atoms with van der Waals surface area (Å²) in [5.41, 5.74) is 3.47. The molecular formula is C22H23N5OS. The monoisotopic (exact) mass is 405 g/mol. The molecule has 6 nitrogen and oxygen atoms in total. The van der Waals surface area contributed by atoms with Crippen LogP contribution in [-0.2, 0) is 0 Å². The number of hydrogen-bond acceptors (Lipinski definition) is 5. The van der Waals surface area contributed by atoms with Gasteiger partial charge in [0, 0.05) is 24.2 Å². The zero-order valence-electron chi connectivity index (χ0n) is 16.5. The molecule has 3 aromatic rings. The SMILES string of the molecule is COc1ccc2nc(NCCCNC(=S)Nc3cccc(C)c3)c(C#N)cc2c1. The number of nitrogens with one attached hydrogen (secondary N) is 3. The molecular weight excluding hydrogens is 382 g/mol. The van der Waals surface area contributed by atoms with Gasteiger partial charge in [-0.2, -0.15) is 5.26 Å². The number of aromatic nitrogens is 1. The molecule has 0 unspecified atom stereocenters. The molecule has 0 amide bonds. The Morgan fingerprint density at radius 2 is 2.03 bits per heavy atom. The quantitative estimate of drug-likeness (QED) is 0.401. The normalized spacial score (nSPS) is 10.2. The third-order valence-corrected chi connectivity index (χ3v) is 4.60. The van der Waals surface area contributed by atoms with E-state index in [-0.39, 0.29) is 0 Å². The lowest BCUT2D eigenvalue weighted by molar-refractivity contribution is 0.415. The van der Waals surface area contributed by atoms with Gasteiger partial charge in [0.1, 0.15) is 17.6 Å². The van der Waals surface area contributed by atoms with Crippen molar-refractivity contribution in [3.05, 3.63) is 59.7 Å². The number of methoxy groups -OCH3 is 1. The second kappa shape index (κ2) is 9.71. The Hall–Kier alpha value is -3.37. The van der Waals surface area contributed by atoms with E-state index in [1.54, 1.807) is 7.11 Å². The average molecular weight is 406 g/mol. The summed E-state index contributed by atoms with van der Waals surface area (Å²) in [4.78, 5) is 4.57. The smallest absolute Gasteiger partial charge is 0.170 e. The van der Waals surface area contributed by atoms with Crippen LogP contribution in [0.15, 0.2) is 48.5 Å². The van der Waals surface area contributed by atoms with E-state index in [0.29, 0.717) is 29.6 Å². The maximum absolute atomic E-state index is 9.44. The molecule has 0 fully saturated rings. The van der Waals surface area contributed by atoms with E-state index in [2.05, 4.69) is 27.0 Å². The van der Waals surface area contributed by atoms with Crippen LogP contribution in [0.5, 0.6) is 5.75 Å². The van der Waals surface area contributed by atoms with Gasteiger partial charge in [-0.15, -0.1) is 0 Å². The molecule has 0 bridgehead atoms. The fourth-order valence-electron chi connectivity index (χ4n) is 2.90. The van der Waals surface area contributed by atoms with Crippen molar-refractivity contribution in [2.75, 3.05) is 30.8 Å². The summed E-state index contributed by atoms with van der Waals surface area (Å²) >= 11 is 5.33. The maximum Gasteiger partial charge on any atom is 0.170 e. The van der Waals surface area contributed by atoms with Crippen molar-refractivity contribution < 1.29 is 4.74 Å². The number of thiocarbonyl (C=S) groups is 1. The van der Waals surface area contributed by atoms with Crippen molar-refractivity contribution in [2.24, 2.45) is 0 Å². The summed E-state index contributed by atoms with van der Waals surface area (Å²) in [6.07, 6.45) is 0.822. The zero-order valence-corrected chi connectivity index (χ0v) is 17.3. The first kappa shape index (κ1) is 20.4. The number of aryl methyl sites for hydroxylation is 1. The molecule has 0 aliphatic heterocycles. The lowest BCUT2D eigenvalue weighted by atomic mass is 10.1. The summed E-state index contributed by atoms with van der Waals surface area (Å²) in [5, 5.41) is 20.5. The van der Waals surface area contributed by atoms with Gasteiger partial charge in [0.2, 0.25) is 0 Å². The topological polar surface area (TPSA) is 82.0 Å². The van der Waals surface area contributed by atoms with E-state index in [9.17, 15) is 5.26 Å². The Kier molecular flexibility index (Phi) is 6.82. The summed E-state index contributed by atoms with van der Waals surface area (Å²) in [5.74, 6) is 1.33. The second-order valence-electron chi connectivity index (χ2n) is 6.59. The Bertz CT molecular complexity index is 1060. The summed E-state index contributed by atoms with van der Waals surface area (Å²) < 4.78 is 5.23. The van der Waals surface area contributed by atoms with Crippen molar-refractivity contribution in [2.45, 2.75) is 13.3 Å². The van der Waals surface area contributed by atoms with Crippen LogP contribution in [0.2, 0.25) is 0 Å². The number of rotatable bonds is 7. The van der Waals surface area contributed by atoms with Gasteiger partial charge < -0.3 is 20.7 Å². The van der Waals surface area contributed by atoms with E-state index >= 15 is 0 Å². The predicted octanol–water partition coefficient (Wildman–Crippen LogP) is 4.21. The van der Waals surface area contributed by atoms with Crippen LogP contribution in [0.3, 0.4) is 0 Å². The van der Waals surface area contributed by atoms with E-state index < -0.39 is 0 Å². The lowest BCUT2D eigenvalue weighted by Gasteiger charge is -2.12. The van der Waals surface area contributed by atoms with Crippen LogP contribution in [-0.4, -0.2) is 30.3 Å². The third-order valence-electron chi connectivity index (χ3n) is 4.35. The minimum atomic E-state index is 0.510. The Morgan fingerprint density at radius 1 is 1.17 bits per heavy atom. The van der Waals surface area contributed by atoms with Crippen molar-refractivity contribution in [1.82, 2.24) is 10.3 Å². The molecule has 0 saturated carbocycles. The molecule has 0 aliphatic rings. The van der Waals surface area contributed by atoms with Crippen LogP contribution < -0.4 is 20.7 Å². The second-order valence-corrected chi connectivity index (χ2v) is 6.99. The van der Waals surface area contributed by atoms with E-state index in [1.807, 2.05) is 55.5 Å². The first-order valence-electron chi connectivity index (χ1n) is 9.33. The Labute approximate surface area is 175 Å². The van der Waals surface area contributed by atoms with E-state index in [0.717, 1.165) is 28.8 Å². The number of pyridine rings is 1. The molecule has 29 heavy (non-hydrogen) atoms. The first-order valence-corrected chi connectivity index (χ1v) is 9.74. The minimum Gasteiger partial charge on any atom is -0.497 e. The standard InChI is InChI=1S/C22H23N5OS/c1-15-5-3-6-18(11-15)26-22(29)25-10-4-9-24-21-17(14-23)12-16-13-19(28-2)7-8-20(16)27-21/h3,5-8,11-13H,4,9-10H2,1-2H3,(H,24,27)(H2,25,26,29). The number of benzene rings is 2. The maximum atomic E-state index is 9.44. The highest BCUT2D eigenvalue weighted by atomic mass is 32.1. The van der Waals surface area contributed by atoms with Gasteiger partial charge in [-0.1, -0.05) is 12.1 Å². The van der Waals surface area contributed by atoms with Crippen LogP contribution in [0.4, 0.5) is 11.5 Å². The number of nitrogens with zero attached hydrogens (tertiary/aromatic N) is 2. The summed E-state index contributed by atoms with van der Waals surface area (Å²) in [6.45, 7) is 3.42. The fourth-order valence-corrected chi connectivity index (χ4v) is 3.12. The fraction of sp³-hybridized carbons (Fsp3) is 0.227. The molecule has 0 radical (unpaired) electrons. The highest BCUT2D eigenvalue weighted by Crippen LogP contribution is 2.24. The Morgan fingerprint density at radius 3 is 2.79 bits per heavy atom. The average Bonchev–Trinajstić information content (AvgIpc) is 2.72. The van der Waals surface area contributed by atoms with Crippen molar-refractivity contribution in [3.63, 3.8) is 0 Å². The molecule has 7 heteroatoms. The molecule has 0 saturated heterocycles. The molecule has 2 aromatic carbocycles. The summed E-state index contributed by atoms with van der Waals surface area (Å²) in [6, 6.07) is 17.7. The van der Waals surface area contributed by atoms with Gasteiger partial charge in [-0.25, -0.2) is 4.98 Å². The van der Waals surface area contributed by atoms with Crippen LogP contribution in [0.1, 0.15) is 17.5 Å². The molecule has 3 rings (SSSR count). The largest absolute Gasteiger partial charge is 0.497 e. The molecule has 3 N–H and O–H groups in total. The predicted molar refractivity (Wildman–Crippen MR) is 122 cm³/mol. The zero-order chi connectivity index (χ0) is 20.6. The van der Waals surface area contributed by atoms with Crippen LogP contribution in [0, 0.1) is 18.3 Å². The molecule has 1 heterocycles. The van der Waals surface area contributed by atoms with Gasteiger partial charge in [0.15, 0.2) is 5.11 Å². The van der Waals surface area contributed by atoms with E-state index in [4.69, 9.17) is 17.0 Å². The van der Waals surface area contributed by atoms with Gasteiger partial charge in [-0.05, 0) is 67.5 Å². The van der Waals surface area contributed by atoms with Crippen molar-refractivity contribution >= 4 is 39.7 Å². The first-order chi connectivity index (χ1) is 14.1. The number of nitriles is 1. The Balaban J connectivity index is 1.50. The number of ether oxygens (including phenoxy) is 1. The molecule has 1 aromatic heterocycles. The lowest BCUT2D eigenvalue weighted by Crippen LogP contribution is -2.30. The van der Waals surface area contributed by atoms with Crippen LogP contribution >= 0.6 is 12.2 Å².